The van der Waals surface area contributed by atoms with Gasteiger partial charge in [-0.1, -0.05) is 0 Å². The summed E-state index contributed by atoms with van der Waals surface area (Å²) in [6, 6.07) is 2.69. The molecule has 0 N–H and O–H groups in total. The predicted molar refractivity (Wildman–Crippen MR) is 57.0 cm³/mol. The standard InChI is InChI=1S/C11H16N4/c1-14-9-10(8-13-14)11-4-2-6-15(11)7-3-5-12/h8-9,11H,2-4,6-7H2,1H3. The van der Waals surface area contributed by atoms with E-state index in [0.717, 1.165) is 13.1 Å². The lowest BCUT2D eigenvalue weighted by atomic mass is 10.1. The van der Waals surface area contributed by atoms with Gasteiger partial charge in [-0.2, -0.15) is 10.4 Å². The molecule has 1 aromatic heterocycles. The maximum absolute atomic E-state index is 8.59. The third-order valence-electron chi connectivity index (χ3n) is 2.98. The second kappa shape index (κ2) is 4.45. The Morgan fingerprint density at radius 2 is 2.53 bits per heavy atom. The molecule has 0 saturated carbocycles. The van der Waals surface area contributed by atoms with Crippen LogP contribution in [0.2, 0.25) is 0 Å². The van der Waals surface area contributed by atoms with Gasteiger partial charge in [-0.25, -0.2) is 0 Å². The normalized spacial score (nSPS) is 21.7. The Morgan fingerprint density at radius 3 is 3.20 bits per heavy atom. The van der Waals surface area contributed by atoms with Crippen LogP contribution in [0, 0.1) is 11.3 Å². The number of likely N-dealkylation sites (tertiary alicyclic amines) is 1. The Morgan fingerprint density at radius 1 is 1.67 bits per heavy atom. The van der Waals surface area contributed by atoms with Gasteiger partial charge in [-0.3, -0.25) is 9.58 Å². The van der Waals surface area contributed by atoms with Gasteiger partial charge in [0.15, 0.2) is 0 Å². The largest absolute Gasteiger partial charge is 0.295 e. The van der Waals surface area contributed by atoms with Crippen LogP contribution in [0.5, 0.6) is 0 Å². The highest BCUT2D eigenvalue weighted by atomic mass is 15.3. The van der Waals surface area contributed by atoms with E-state index >= 15 is 0 Å². The van der Waals surface area contributed by atoms with Gasteiger partial charge in [0.2, 0.25) is 0 Å². The molecule has 1 unspecified atom stereocenters. The molecule has 1 aliphatic rings. The first-order valence-electron chi connectivity index (χ1n) is 5.41. The minimum Gasteiger partial charge on any atom is -0.295 e. The summed E-state index contributed by atoms with van der Waals surface area (Å²) in [7, 11) is 1.94. The highest BCUT2D eigenvalue weighted by Crippen LogP contribution is 2.31. The first-order chi connectivity index (χ1) is 7.31. The lowest BCUT2D eigenvalue weighted by Gasteiger charge is -2.22. The molecule has 80 valence electrons. The molecule has 4 nitrogen and oxygen atoms in total. The molecule has 15 heavy (non-hydrogen) atoms. The van der Waals surface area contributed by atoms with Gasteiger partial charge >= 0.3 is 0 Å². The Bertz CT molecular complexity index is 363. The fourth-order valence-corrected chi connectivity index (χ4v) is 2.28. The van der Waals surface area contributed by atoms with Crippen molar-refractivity contribution in [3.8, 4) is 6.07 Å². The van der Waals surface area contributed by atoms with Crippen LogP contribution in [0.4, 0.5) is 0 Å². The summed E-state index contributed by atoms with van der Waals surface area (Å²) in [5, 5.41) is 12.8. The molecule has 4 heteroatoms. The predicted octanol–water partition coefficient (Wildman–Crippen LogP) is 1.47. The van der Waals surface area contributed by atoms with Gasteiger partial charge in [0.1, 0.15) is 0 Å². The van der Waals surface area contributed by atoms with Gasteiger partial charge in [-0.15, -0.1) is 0 Å². The Labute approximate surface area is 90.1 Å². The Kier molecular flexibility index (Phi) is 3.02. The highest BCUT2D eigenvalue weighted by molar-refractivity contribution is 5.12. The fraction of sp³-hybridized carbons (Fsp3) is 0.636. The summed E-state index contributed by atoms with van der Waals surface area (Å²) in [6.45, 7) is 2.00. The maximum Gasteiger partial charge on any atom is 0.0635 e. The average molecular weight is 204 g/mol. The molecule has 2 rings (SSSR count). The van der Waals surface area contributed by atoms with Crippen LogP contribution in [0.15, 0.2) is 12.4 Å². The smallest absolute Gasteiger partial charge is 0.0635 e. The molecule has 1 fully saturated rings. The minimum absolute atomic E-state index is 0.479. The zero-order valence-corrected chi connectivity index (χ0v) is 9.06. The molecule has 1 aliphatic heterocycles. The lowest BCUT2D eigenvalue weighted by Crippen LogP contribution is -2.23. The van der Waals surface area contributed by atoms with E-state index in [1.54, 1.807) is 0 Å². The van der Waals surface area contributed by atoms with Crippen molar-refractivity contribution in [1.29, 1.82) is 5.26 Å². The molecule has 0 spiro atoms. The number of rotatable bonds is 3. The molecule has 0 radical (unpaired) electrons. The summed E-state index contributed by atoms with van der Waals surface area (Å²) in [5.41, 5.74) is 1.29. The maximum atomic E-state index is 8.59. The van der Waals surface area contributed by atoms with Gasteiger partial charge in [0, 0.05) is 37.8 Å². The van der Waals surface area contributed by atoms with E-state index in [4.69, 9.17) is 5.26 Å². The highest BCUT2D eigenvalue weighted by Gasteiger charge is 2.26. The number of nitriles is 1. The van der Waals surface area contributed by atoms with E-state index in [0.29, 0.717) is 12.5 Å². The number of hydrogen-bond donors (Lipinski definition) is 0. The lowest BCUT2D eigenvalue weighted by molar-refractivity contribution is 0.263. The first-order valence-corrected chi connectivity index (χ1v) is 5.41. The van der Waals surface area contributed by atoms with Crippen molar-refractivity contribution in [2.45, 2.75) is 25.3 Å². The van der Waals surface area contributed by atoms with Crippen LogP contribution in [-0.4, -0.2) is 27.8 Å². The van der Waals surface area contributed by atoms with E-state index in [1.807, 2.05) is 17.9 Å². The van der Waals surface area contributed by atoms with Crippen molar-refractivity contribution in [2.75, 3.05) is 13.1 Å². The molecule has 2 heterocycles. The van der Waals surface area contributed by atoms with E-state index in [-0.39, 0.29) is 0 Å². The zero-order chi connectivity index (χ0) is 10.7. The molecule has 0 aromatic carbocycles. The summed E-state index contributed by atoms with van der Waals surface area (Å²) in [4.78, 5) is 2.39. The van der Waals surface area contributed by atoms with Gasteiger partial charge < -0.3 is 0 Å². The molecule has 0 amide bonds. The van der Waals surface area contributed by atoms with Crippen LogP contribution >= 0.6 is 0 Å². The molecule has 1 atom stereocenters. The quantitative estimate of drug-likeness (QED) is 0.749. The topological polar surface area (TPSA) is 44.9 Å². The Hall–Kier alpha value is -1.34. The molecule has 0 aliphatic carbocycles. The van der Waals surface area contributed by atoms with E-state index in [9.17, 15) is 0 Å². The van der Waals surface area contributed by atoms with Crippen molar-refractivity contribution in [1.82, 2.24) is 14.7 Å². The van der Waals surface area contributed by atoms with Gasteiger partial charge in [-0.05, 0) is 19.4 Å². The SMILES string of the molecule is Cn1cc(C2CCCN2CCC#N)cn1. The van der Waals surface area contributed by atoms with Crippen molar-refractivity contribution in [2.24, 2.45) is 7.05 Å². The Balaban J connectivity index is 2.05. The van der Waals surface area contributed by atoms with E-state index in [1.165, 1.54) is 18.4 Å². The molecular weight excluding hydrogens is 188 g/mol. The number of nitrogens with zero attached hydrogens (tertiary/aromatic N) is 4. The molecule has 1 aromatic rings. The van der Waals surface area contributed by atoms with Crippen molar-refractivity contribution >= 4 is 0 Å². The minimum atomic E-state index is 0.479. The molecular formula is C11H16N4. The first kappa shape index (κ1) is 10.2. The number of aryl methyl sites for hydroxylation is 1. The summed E-state index contributed by atoms with van der Waals surface area (Å²) in [6.07, 6.45) is 7.06. The number of aromatic nitrogens is 2. The number of hydrogen-bond acceptors (Lipinski definition) is 3. The molecule has 0 bridgehead atoms. The van der Waals surface area contributed by atoms with Crippen molar-refractivity contribution in [3.05, 3.63) is 18.0 Å². The van der Waals surface area contributed by atoms with Crippen LogP contribution in [0.25, 0.3) is 0 Å². The van der Waals surface area contributed by atoms with Crippen molar-refractivity contribution in [3.63, 3.8) is 0 Å². The van der Waals surface area contributed by atoms with Crippen LogP contribution in [0.1, 0.15) is 30.9 Å². The zero-order valence-electron chi connectivity index (χ0n) is 9.06. The van der Waals surface area contributed by atoms with Gasteiger partial charge in [0.05, 0.1) is 12.3 Å². The third-order valence-corrected chi connectivity index (χ3v) is 2.98. The van der Waals surface area contributed by atoms with E-state index < -0.39 is 0 Å². The van der Waals surface area contributed by atoms with E-state index in [2.05, 4.69) is 22.3 Å². The summed E-state index contributed by atoms with van der Waals surface area (Å²) < 4.78 is 1.84. The van der Waals surface area contributed by atoms with Crippen molar-refractivity contribution < 1.29 is 0 Å². The summed E-state index contributed by atoms with van der Waals surface area (Å²) >= 11 is 0. The summed E-state index contributed by atoms with van der Waals surface area (Å²) in [5.74, 6) is 0. The fourth-order valence-electron chi connectivity index (χ4n) is 2.28. The average Bonchev–Trinajstić information content (AvgIpc) is 2.82. The second-order valence-corrected chi connectivity index (χ2v) is 4.05. The monoisotopic (exact) mass is 204 g/mol. The molecule has 1 saturated heterocycles. The second-order valence-electron chi connectivity index (χ2n) is 4.05. The van der Waals surface area contributed by atoms with Crippen LogP contribution in [0.3, 0.4) is 0 Å². The van der Waals surface area contributed by atoms with Crippen LogP contribution < -0.4 is 0 Å². The van der Waals surface area contributed by atoms with Gasteiger partial charge in [0.25, 0.3) is 0 Å². The third kappa shape index (κ3) is 2.18. The van der Waals surface area contributed by atoms with Crippen LogP contribution in [-0.2, 0) is 7.05 Å².